The molecule has 6 aromatic rings. The summed E-state index contributed by atoms with van der Waals surface area (Å²) in [6.45, 7) is 0. The Morgan fingerprint density at radius 1 is 0.273 bits per heavy atom. The lowest BCUT2D eigenvalue weighted by molar-refractivity contribution is -0.223. The third kappa shape index (κ3) is 10.7. The van der Waals surface area contributed by atoms with Crippen molar-refractivity contribution >= 4 is 35.8 Å². The maximum atomic E-state index is 14.4. The number of carbonyl (C=O) groups is 6. The average molecular weight is 919 g/mol. The molecule has 1 fully saturated rings. The molecule has 0 aromatic carbocycles. The van der Waals surface area contributed by atoms with Crippen LogP contribution >= 0.6 is 0 Å². The van der Waals surface area contributed by atoms with E-state index in [1.54, 1.807) is 0 Å². The van der Waals surface area contributed by atoms with Crippen molar-refractivity contribution in [3.8, 4) is 0 Å². The molecular formula is C42H24F6N6O12. The second kappa shape index (κ2) is 19.8. The molecule has 66 heavy (non-hydrogen) atoms. The number of hydrogen-bond donors (Lipinski definition) is 0. The summed E-state index contributed by atoms with van der Waals surface area (Å²) in [5.74, 6) is -16.0. The Balaban J connectivity index is 1.47. The largest absolute Gasteiger partial charge is 0.450 e. The van der Waals surface area contributed by atoms with E-state index in [-0.39, 0.29) is 0 Å². The van der Waals surface area contributed by atoms with Gasteiger partial charge in [0.25, 0.3) is 0 Å². The first-order valence-corrected chi connectivity index (χ1v) is 18.5. The standard InChI is InChI=1S/C42H24F6N6O12/c43-25-1-19(7-49-13-25)37(55)61-31-32(62-38(56)20-2-26(44)14-50-8-20)34(64-40(58)22-4-28(46)16-52-10-22)36(66-42(60)24-6-30(48)18-54-12-24)35(65-41(59)23-5-29(47)17-53-11-23)33(31)63-39(57)21-3-27(45)15-51-9-21/h1-18,31-36H. The zero-order valence-electron chi connectivity index (χ0n) is 32.7. The Morgan fingerprint density at radius 3 is 0.530 bits per heavy atom. The molecule has 0 amide bonds. The van der Waals surface area contributed by atoms with Gasteiger partial charge in [0, 0.05) is 37.2 Å². The molecule has 0 radical (unpaired) electrons. The fourth-order valence-electron chi connectivity index (χ4n) is 6.22. The zero-order valence-corrected chi connectivity index (χ0v) is 32.7. The van der Waals surface area contributed by atoms with Gasteiger partial charge in [0.1, 0.15) is 34.9 Å². The molecule has 0 N–H and O–H groups in total. The highest BCUT2D eigenvalue weighted by molar-refractivity contribution is 5.93. The Morgan fingerprint density at radius 2 is 0.409 bits per heavy atom. The quantitative estimate of drug-likeness (QED) is 0.0929. The van der Waals surface area contributed by atoms with Gasteiger partial charge in [-0.1, -0.05) is 0 Å². The molecule has 336 valence electrons. The zero-order chi connectivity index (χ0) is 47.1. The van der Waals surface area contributed by atoms with Crippen LogP contribution < -0.4 is 0 Å². The predicted octanol–water partition coefficient (Wildman–Crippen LogP) is 4.56. The average Bonchev–Trinajstić information content (AvgIpc) is 3.29. The molecule has 1 saturated carbocycles. The van der Waals surface area contributed by atoms with Crippen molar-refractivity contribution in [1.82, 2.24) is 29.9 Å². The van der Waals surface area contributed by atoms with E-state index in [1.165, 1.54) is 0 Å². The van der Waals surface area contributed by atoms with Gasteiger partial charge in [-0.2, -0.15) is 0 Å². The minimum Gasteiger partial charge on any atom is -0.450 e. The number of nitrogens with zero attached hydrogens (tertiary/aromatic N) is 6. The molecule has 1 aliphatic carbocycles. The predicted molar refractivity (Wildman–Crippen MR) is 200 cm³/mol. The maximum absolute atomic E-state index is 14.4. The van der Waals surface area contributed by atoms with Crippen molar-refractivity contribution in [3.05, 3.63) is 179 Å². The van der Waals surface area contributed by atoms with Crippen LogP contribution in [0.15, 0.2) is 111 Å². The summed E-state index contributed by atoms with van der Waals surface area (Å²) >= 11 is 0. The van der Waals surface area contributed by atoms with Crippen molar-refractivity contribution in [2.45, 2.75) is 36.6 Å². The van der Waals surface area contributed by atoms with Crippen molar-refractivity contribution < 1.29 is 83.5 Å². The molecule has 7 rings (SSSR count). The lowest BCUT2D eigenvalue weighted by Gasteiger charge is -2.47. The van der Waals surface area contributed by atoms with Gasteiger partial charge < -0.3 is 28.4 Å². The first-order valence-electron chi connectivity index (χ1n) is 18.5. The Kier molecular flexibility index (Phi) is 13.6. The summed E-state index contributed by atoms with van der Waals surface area (Å²) in [5, 5.41) is 0. The molecule has 6 aromatic heterocycles. The van der Waals surface area contributed by atoms with Crippen LogP contribution in [0.3, 0.4) is 0 Å². The molecule has 0 aliphatic heterocycles. The third-order valence-corrected chi connectivity index (χ3v) is 9.05. The number of pyridine rings is 6. The second-order valence-electron chi connectivity index (χ2n) is 13.6. The molecule has 0 atom stereocenters. The highest BCUT2D eigenvalue weighted by Gasteiger charge is 2.62. The lowest BCUT2D eigenvalue weighted by atomic mass is 9.83. The smallest absolute Gasteiger partial charge is 0.340 e. The number of ether oxygens (including phenoxy) is 6. The summed E-state index contributed by atoms with van der Waals surface area (Å²) in [6, 6.07) is 3.65. The molecule has 0 spiro atoms. The van der Waals surface area contributed by atoms with E-state index in [1.807, 2.05) is 0 Å². The van der Waals surface area contributed by atoms with Gasteiger partial charge in [-0.05, 0) is 36.4 Å². The topological polar surface area (TPSA) is 235 Å². The second-order valence-corrected chi connectivity index (χ2v) is 13.6. The minimum absolute atomic E-state index is 0.609. The molecular weight excluding hydrogens is 894 g/mol. The maximum Gasteiger partial charge on any atom is 0.340 e. The van der Waals surface area contributed by atoms with Crippen LogP contribution in [-0.2, 0) is 28.4 Å². The Bertz CT molecular complexity index is 2360. The van der Waals surface area contributed by atoms with Crippen LogP contribution in [0.5, 0.6) is 0 Å². The number of esters is 6. The van der Waals surface area contributed by atoms with Gasteiger partial charge in [-0.3, -0.25) is 29.9 Å². The van der Waals surface area contributed by atoms with Gasteiger partial charge in [0.05, 0.1) is 70.6 Å². The van der Waals surface area contributed by atoms with Gasteiger partial charge in [0.15, 0.2) is 36.6 Å². The van der Waals surface area contributed by atoms with Crippen molar-refractivity contribution in [2.75, 3.05) is 0 Å². The molecule has 0 unspecified atom stereocenters. The molecule has 0 bridgehead atoms. The van der Waals surface area contributed by atoms with Gasteiger partial charge in [-0.25, -0.2) is 55.1 Å². The van der Waals surface area contributed by atoms with E-state index in [0.717, 1.165) is 37.2 Å². The fraction of sp³-hybridized carbons (Fsp3) is 0.143. The first-order chi connectivity index (χ1) is 31.6. The van der Waals surface area contributed by atoms with E-state index in [9.17, 15) is 55.1 Å². The normalized spacial score (nSPS) is 18.8. The summed E-state index contributed by atoms with van der Waals surface area (Å²) in [6.07, 6.45) is -6.36. The van der Waals surface area contributed by atoms with E-state index < -0.39 is 141 Å². The molecule has 0 saturated heterocycles. The number of carbonyl (C=O) groups excluding carboxylic acids is 6. The number of rotatable bonds is 12. The molecule has 24 heteroatoms. The molecule has 6 heterocycles. The first kappa shape index (κ1) is 45.3. The van der Waals surface area contributed by atoms with E-state index in [4.69, 9.17) is 28.4 Å². The van der Waals surface area contributed by atoms with Crippen LogP contribution in [0.1, 0.15) is 62.1 Å². The van der Waals surface area contributed by atoms with Crippen LogP contribution in [0, 0.1) is 34.9 Å². The number of aromatic nitrogens is 6. The van der Waals surface area contributed by atoms with Crippen molar-refractivity contribution in [1.29, 1.82) is 0 Å². The lowest BCUT2D eigenvalue weighted by Crippen LogP contribution is -2.69. The number of halogens is 6. The third-order valence-electron chi connectivity index (χ3n) is 9.05. The van der Waals surface area contributed by atoms with Gasteiger partial charge >= 0.3 is 35.8 Å². The van der Waals surface area contributed by atoms with Gasteiger partial charge in [-0.15, -0.1) is 0 Å². The highest BCUT2D eigenvalue weighted by atomic mass is 19.1. The fourth-order valence-corrected chi connectivity index (χ4v) is 6.22. The minimum atomic E-state index is -2.53. The van der Waals surface area contributed by atoms with E-state index in [0.29, 0.717) is 73.6 Å². The Hall–Kier alpha value is -8.70. The van der Waals surface area contributed by atoms with Crippen molar-refractivity contribution in [2.24, 2.45) is 0 Å². The summed E-state index contributed by atoms with van der Waals surface area (Å²) < 4.78 is 121. The SMILES string of the molecule is O=C(OC1C(OC(=O)c2cncc(F)c2)C(OC(=O)c2cncc(F)c2)C(OC(=O)c2cncc(F)c2)C(OC(=O)c2cncc(F)c2)C1OC(=O)c1cncc(F)c1)c1cncc(F)c1. The van der Waals surface area contributed by atoms with Crippen LogP contribution in [-0.4, -0.2) is 102 Å². The number of hydrogen-bond acceptors (Lipinski definition) is 18. The summed E-state index contributed by atoms with van der Waals surface area (Å²) in [5.41, 5.74) is -4.08. The van der Waals surface area contributed by atoms with Crippen molar-refractivity contribution in [3.63, 3.8) is 0 Å². The van der Waals surface area contributed by atoms with Crippen LogP contribution in [0.25, 0.3) is 0 Å². The van der Waals surface area contributed by atoms with Crippen LogP contribution in [0.2, 0.25) is 0 Å². The monoisotopic (exact) mass is 918 g/mol. The van der Waals surface area contributed by atoms with Gasteiger partial charge in [0.2, 0.25) is 0 Å². The van der Waals surface area contributed by atoms with E-state index >= 15 is 0 Å². The highest BCUT2D eigenvalue weighted by Crippen LogP contribution is 2.37. The summed E-state index contributed by atoms with van der Waals surface area (Å²) in [7, 11) is 0. The Labute approximate surface area is 364 Å². The van der Waals surface area contributed by atoms with E-state index in [2.05, 4.69) is 29.9 Å². The van der Waals surface area contributed by atoms with Crippen LogP contribution in [0.4, 0.5) is 26.3 Å². The summed E-state index contributed by atoms with van der Waals surface area (Å²) in [4.78, 5) is 105. The molecule has 1 aliphatic rings. The molecule has 18 nitrogen and oxygen atoms in total.